The average Bonchev–Trinajstić information content (AvgIpc) is 2.48. The van der Waals surface area contributed by atoms with E-state index in [9.17, 15) is 13.2 Å². The molecule has 1 aliphatic rings. The zero-order valence-corrected chi connectivity index (χ0v) is 12.0. The highest BCUT2D eigenvalue weighted by Gasteiger charge is 2.31. The predicted octanol–water partition coefficient (Wildman–Crippen LogP) is 2.38. The number of nitrogens with one attached hydrogen (secondary N) is 1. The van der Waals surface area contributed by atoms with E-state index in [1.165, 1.54) is 7.11 Å². The maximum Gasteiger partial charge on any atom is 0.389 e. The maximum absolute atomic E-state index is 12.6. The number of halogens is 3. The van der Waals surface area contributed by atoms with Gasteiger partial charge in [-0.1, -0.05) is 6.07 Å². The molecular weight excluding hydrogens is 283 g/mol. The highest BCUT2D eigenvalue weighted by Crippen LogP contribution is 2.31. The predicted molar refractivity (Wildman–Crippen MR) is 73.3 cm³/mol. The quantitative estimate of drug-likeness (QED) is 0.906. The van der Waals surface area contributed by atoms with E-state index in [2.05, 4.69) is 15.2 Å². The lowest BCUT2D eigenvalue weighted by atomic mass is 10.0. The molecule has 4 nitrogen and oxygen atoms in total. The third-order valence-electron chi connectivity index (χ3n) is 3.65. The Kier molecular flexibility index (Phi) is 5.41. The lowest BCUT2D eigenvalue weighted by Gasteiger charge is -2.35. The van der Waals surface area contributed by atoms with Gasteiger partial charge in [-0.3, -0.25) is 4.90 Å². The first kappa shape index (κ1) is 16.0. The molecule has 1 aromatic heterocycles. The summed E-state index contributed by atoms with van der Waals surface area (Å²) < 4.78 is 42.6. The molecule has 0 bridgehead atoms. The van der Waals surface area contributed by atoms with Gasteiger partial charge >= 0.3 is 6.18 Å². The molecule has 0 saturated carbocycles. The summed E-state index contributed by atoms with van der Waals surface area (Å²) >= 11 is 0. The van der Waals surface area contributed by atoms with Crippen LogP contribution < -0.4 is 10.1 Å². The van der Waals surface area contributed by atoms with Crippen molar-refractivity contribution in [1.82, 2.24) is 15.2 Å². The fraction of sp³-hybridized carbons (Fsp3) is 0.643. The van der Waals surface area contributed by atoms with Gasteiger partial charge in [-0.05, 0) is 12.0 Å². The lowest BCUT2D eigenvalue weighted by Crippen LogP contribution is -2.45. The van der Waals surface area contributed by atoms with Crippen molar-refractivity contribution in [3.8, 4) is 5.88 Å². The molecule has 0 unspecified atom stereocenters. The van der Waals surface area contributed by atoms with Gasteiger partial charge in [0.2, 0.25) is 5.88 Å². The zero-order valence-electron chi connectivity index (χ0n) is 12.0. The Hall–Kier alpha value is -1.34. The lowest BCUT2D eigenvalue weighted by molar-refractivity contribution is -0.138. The number of pyridine rings is 1. The molecule has 7 heteroatoms. The van der Waals surface area contributed by atoms with Crippen LogP contribution in [0.2, 0.25) is 0 Å². The van der Waals surface area contributed by atoms with Crippen molar-refractivity contribution in [3.05, 3.63) is 23.9 Å². The van der Waals surface area contributed by atoms with Crippen molar-refractivity contribution in [2.45, 2.75) is 25.1 Å². The molecule has 0 radical (unpaired) electrons. The van der Waals surface area contributed by atoms with E-state index in [-0.39, 0.29) is 12.5 Å². The Labute approximate surface area is 122 Å². The van der Waals surface area contributed by atoms with Gasteiger partial charge in [0, 0.05) is 50.9 Å². The summed E-state index contributed by atoms with van der Waals surface area (Å²) in [5.41, 5.74) is 0.807. The van der Waals surface area contributed by atoms with Crippen LogP contribution in [-0.4, -0.2) is 49.3 Å². The second kappa shape index (κ2) is 7.09. The molecule has 0 aromatic carbocycles. The monoisotopic (exact) mass is 303 g/mol. The van der Waals surface area contributed by atoms with Crippen LogP contribution in [0.1, 0.15) is 24.4 Å². The number of nitrogens with zero attached hydrogens (tertiary/aromatic N) is 2. The molecule has 1 atom stereocenters. The highest BCUT2D eigenvalue weighted by molar-refractivity contribution is 5.21. The molecule has 2 rings (SSSR count). The molecule has 1 aliphatic heterocycles. The molecule has 1 saturated heterocycles. The number of piperazine rings is 1. The summed E-state index contributed by atoms with van der Waals surface area (Å²) in [6.45, 7) is 3.08. The van der Waals surface area contributed by atoms with Gasteiger partial charge < -0.3 is 10.1 Å². The fourth-order valence-electron chi connectivity index (χ4n) is 2.56. The molecule has 0 spiro atoms. The smallest absolute Gasteiger partial charge is 0.389 e. The molecule has 21 heavy (non-hydrogen) atoms. The summed E-state index contributed by atoms with van der Waals surface area (Å²) in [5, 5.41) is 3.21. The Balaban J connectivity index is 2.12. The Morgan fingerprint density at radius 2 is 2.05 bits per heavy atom. The summed E-state index contributed by atoms with van der Waals surface area (Å²) in [7, 11) is 1.51. The number of methoxy groups -OCH3 is 1. The van der Waals surface area contributed by atoms with Crippen LogP contribution in [0.5, 0.6) is 5.88 Å². The molecule has 0 aliphatic carbocycles. The van der Waals surface area contributed by atoms with E-state index in [1.54, 1.807) is 18.3 Å². The van der Waals surface area contributed by atoms with E-state index in [1.807, 2.05) is 0 Å². The molecule has 0 amide bonds. The second-order valence-corrected chi connectivity index (χ2v) is 5.09. The Bertz CT molecular complexity index is 430. The van der Waals surface area contributed by atoms with Crippen LogP contribution in [-0.2, 0) is 0 Å². The van der Waals surface area contributed by atoms with Gasteiger partial charge in [-0.25, -0.2) is 4.98 Å². The molecule has 2 heterocycles. The van der Waals surface area contributed by atoms with E-state index >= 15 is 0 Å². The SMILES string of the molecule is COc1ccc([C@@H](CCC(F)(F)F)N2CCNCC2)cn1. The highest BCUT2D eigenvalue weighted by atomic mass is 19.4. The van der Waals surface area contributed by atoms with Gasteiger partial charge in [0.05, 0.1) is 7.11 Å². The van der Waals surface area contributed by atoms with Gasteiger partial charge in [0.1, 0.15) is 0 Å². The average molecular weight is 303 g/mol. The fourth-order valence-corrected chi connectivity index (χ4v) is 2.56. The number of ether oxygens (including phenoxy) is 1. The molecule has 1 fully saturated rings. The number of hydrogen-bond acceptors (Lipinski definition) is 4. The van der Waals surface area contributed by atoms with E-state index in [0.29, 0.717) is 5.88 Å². The first-order valence-electron chi connectivity index (χ1n) is 7.01. The molecule has 1 aromatic rings. The molecular formula is C14H20F3N3O. The third-order valence-corrected chi connectivity index (χ3v) is 3.65. The minimum atomic E-state index is -4.13. The third kappa shape index (κ3) is 4.86. The van der Waals surface area contributed by atoms with Gasteiger partial charge in [-0.15, -0.1) is 0 Å². The standard InChI is InChI=1S/C14H20F3N3O/c1-21-13-3-2-11(10-19-13)12(4-5-14(15,16)17)20-8-6-18-7-9-20/h2-3,10,12,18H,4-9H2,1H3/t12-/m1/s1. The second-order valence-electron chi connectivity index (χ2n) is 5.09. The normalized spacial score (nSPS) is 18.5. The molecule has 1 N–H and O–H groups in total. The first-order chi connectivity index (χ1) is 9.99. The van der Waals surface area contributed by atoms with E-state index < -0.39 is 12.6 Å². The first-order valence-corrected chi connectivity index (χ1v) is 7.01. The summed E-state index contributed by atoms with van der Waals surface area (Å²) in [5.74, 6) is 0.466. The Morgan fingerprint density at radius 1 is 1.33 bits per heavy atom. The van der Waals surface area contributed by atoms with Gasteiger partial charge in [0.25, 0.3) is 0 Å². The topological polar surface area (TPSA) is 37.4 Å². The largest absolute Gasteiger partial charge is 0.481 e. The van der Waals surface area contributed by atoms with Crippen molar-refractivity contribution < 1.29 is 17.9 Å². The van der Waals surface area contributed by atoms with Crippen molar-refractivity contribution in [2.24, 2.45) is 0 Å². The van der Waals surface area contributed by atoms with Crippen LogP contribution >= 0.6 is 0 Å². The summed E-state index contributed by atoms with van der Waals surface area (Å²) in [4.78, 5) is 6.20. The van der Waals surface area contributed by atoms with Crippen LogP contribution in [0.25, 0.3) is 0 Å². The van der Waals surface area contributed by atoms with Crippen LogP contribution in [0.15, 0.2) is 18.3 Å². The maximum atomic E-state index is 12.6. The zero-order chi connectivity index (χ0) is 15.3. The van der Waals surface area contributed by atoms with E-state index in [4.69, 9.17) is 4.74 Å². The number of alkyl halides is 3. The number of hydrogen-bond donors (Lipinski definition) is 1. The minimum Gasteiger partial charge on any atom is -0.481 e. The number of rotatable bonds is 5. The molecule has 118 valence electrons. The van der Waals surface area contributed by atoms with Crippen LogP contribution in [0, 0.1) is 0 Å². The van der Waals surface area contributed by atoms with Crippen LogP contribution in [0.4, 0.5) is 13.2 Å². The van der Waals surface area contributed by atoms with Crippen molar-refractivity contribution in [1.29, 1.82) is 0 Å². The van der Waals surface area contributed by atoms with E-state index in [0.717, 1.165) is 31.7 Å². The Morgan fingerprint density at radius 3 is 2.57 bits per heavy atom. The summed E-state index contributed by atoms with van der Waals surface area (Å²) in [6.07, 6.45) is -3.25. The summed E-state index contributed by atoms with van der Waals surface area (Å²) in [6, 6.07) is 3.24. The van der Waals surface area contributed by atoms with Crippen molar-refractivity contribution in [2.75, 3.05) is 33.3 Å². The van der Waals surface area contributed by atoms with Crippen molar-refractivity contribution in [3.63, 3.8) is 0 Å². The van der Waals surface area contributed by atoms with Crippen LogP contribution in [0.3, 0.4) is 0 Å². The van der Waals surface area contributed by atoms with Gasteiger partial charge in [0.15, 0.2) is 0 Å². The van der Waals surface area contributed by atoms with Crippen molar-refractivity contribution >= 4 is 0 Å². The minimum absolute atomic E-state index is 0.0531. The number of aromatic nitrogens is 1. The van der Waals surface area contributed by atoms with Gasteiger partial charge in [-0.2, -0.15) is 13.2 Å².